The second-order valence-corrected chi connectivity index (χ2v) is 7.07. The highest BCUT2D eigenvalue weighted by atomic mass is 32.1. The third-order valence-corrected chi connectivity index (χ3v) is 4.98. The van der Waals surface area contributed by atoms with Crippen LogP contribution in [0.4, 0.5) is 5.82 Å². The number of amides is 1. The van der Waals surface area contributed by atoms with Crippen molar-refractivity contribution in [2.45, 2.75) is 33.4 Å². The van der Waals surface area contributed by atoms with Crippen LogP contribution < -0.4 is 10.6 Å². The van der Waals surface area contributed by atoms with Crippen molar-refractivity contribution in [3.05, 3.63) is 40.9 Å². The first-order valence-electron chi connectivity index (χ1n) is 8.46. The highest BCUT2D eigenvalue weighted by molar-refractivity contribution is 7.20. The number of carbonyl (C=O) groups excluding carboxylic acids is 1. The molecular formula is C18H22N4O3S. The summed E-state index contributed by atoms with van der Waals surface area (Å²) in [5.41, 5.74) is 0.870. The molecule has 3 rings (SSSR count). The standard InChI is InChI=1S/C18H22N4O3S/c1-11(2)24-8-6-19-17(23)15-12(3)14-16(21-10-22-18(14)26-15)20-9-13-5-4-7-25-13/h4-5,7,10-11H,6,8-9H2,1-3H3,(H,19,23)(H,20,21,22). The molecule has 1 amide bonds. The maximum Gasteiger partial charge on any atom is 0.261 e. The van der Waals surface area contributed by atoms with E-state index in [4.69, 9.17) is 9.15 Å². The zero-order chi connectivity index (χ0) is 18.5. The minimum atomic E-state index is -0.116. The van der Waals surface area contributed by atoms with Crippen LogP contribution in [0.25, 0.3) is 10.2 Å². The summed E-state index contributed by atoms with van der Waals surface area (Å²) in [7, 11) is 0. The predicted molar refractivity (Wildman–Crippen MR) is 102 cm³/mol. The number of furan rings is 1. The second-order valence-electron chi connectivity index (χ2n) is 6.07. The fraction of sp³-hybridized carbons (Fsp3) is 0.389. The van der Waals surface area contributed by atoms with Gasteiger partial charge in [0.15, 0.2) is 0 Å². The first-order valence-corrected chi connectivity index (χ1v) is 9.28. The van der Waals surface area contributed by atoms with Crippen molar-refractivity contribution in [3.63, 3.8) is 0 Å². The maximum absolute atomic E-state index is 12.5. The lowest BCUT2D eigenvalue weighted by atomic mass is 10.2. The van der Waals surface area contributed by atoms with Gasteiger partial charge in [0.2, 0.25) is 0 Å². The van der Waals surface area contributed by atoms with Crippen LogP contribution in [-0.4, -0.2) is 35.1 Å². The SMILES string of the molecule is Cc1c(C(=O)NCCOC(C)C)sc2ncnc(NCc3ccco3)c12. The van der Waals surface area contributed by atoms with Crippen molar-refractivity contribution in [2.24, 2.45) is 0 Å². The molecule has 0 fully saturated rings. The van der Waals surface area contributed by atoms with Gasteiger partial charge in [0.1, 0.15) is 22.7 Å². The van der Waals surface area contributed by atoms with E-state index in [1.165, 1.54) is 17.7 Å². The summed E-state index contributed by atoms with van der Waals surface area (Å²) in [6.45, 7) is 7.33. The Kier molecular flexibility index (Phi) is 5.85. The van der Waals surface area contributed by atoms with E-state index in [0.29, 0.717) is 30.4 Å². The smallest absolute Gasteiger partial charge is 0.261 e. The van der Waals surface area contributed by atoms with Gasteiger partial charge in [-0.05, 0) is 38.5 Å². The Morgan fingerprint density at radius 1 is 1.38 bits per heavy atom. The lowest BCUT2D eigenvalue weighted by molar-refractivity contribution is 0.0748. The Bertz CT molecular complexity index is 874. The van der Waals surface area contributed by atoms with Gasteiger partial charge in [0.05, 0.1) is 35.8 Å². The molecule has 0 atom stereocenters. The van der Waals surface area contributed by atoms with Crippen molar-refractivity contribution in [2.75, 3.05) is 18.5 Å². The Morgan fingerprint density at radius 2 is 2.23 bits per heavy atom. The molecule has 2 N–H and O–H groups in total. The summed E-state index contributed by atoms with van der Waals surface area (Å²) in [5.74, 6) is 1.39. The van der Waals surface area contributed by atoms with E-state index in [9.17, 15) is 4.79 Å². The van der Waals surface area contributed by atoms with Gasteiger partial charge in [0, 0.05) is 6.54 Å². The zero-order valence-corrected chi connectivity index (χ0v) is 15.9. The summed E-state index contributed by atoms with van der Waals surface area (Å²) in [4.78, 5) is 22.6. The van der Waals surface area contributed by atoms with Crippen molar-refractivity contribution in [1.82, 2.24) is 15.3 Å². The minimum Gasteiger partial charge on any atom is -0.467 e. The highest BCUT2D eigenvalue weighted by Gasteiger charge is 2.19. The number of thiophene rings is 1. The molecule has 3 heterocycles. The molecule has 8 heteroatoms. The molecule has 0 aliphatic heterocycles. The Morgan fingerprint density at radius 3 is 2.96 bits per heavy atom. The first-order chi connectivity index (χ1) is 12.6. The normalized spacial score (nSPS) is 11.2. The molecule has 0 saturated heterocycles. The molecule has 0 saturated carbocycles. The topological polar surface area (TPSA) is 89.3 Å². The molecule has 0 bridgehead atoms. The van der Waals surface area contributed by atoms with Gasteiger partial charge in [-0.1, -0.05) is 0 Å². The quantitative estimate of drug-likeness (QED) is 0.588. The number of carbonyl (C=O) groups is 1. The summed E-state index contributed by atoms with van der Waals surface area (Å²) in [6.07, 6.45) is 3.28. The number of nitrogens with one attached hydrogen (secondary N) is 2. The molecular weight excluding hydrogens is 352 g/mol. The van der Waals surface area contributed by atoms with E-state index in [1.54, 1.807) is 6.26 Å². The zero-order valence-electron chi connectivity index (χ0n) is 15.0. The number of aryl methyl sites for hydroxylation is 1. The molecule has 0 radical (unpaired) electrons. The van der Waals surface area contributed by atoms with Crippen LogP contribution >= 0.6 is 11.3 Å². The van der Waals surface area contributed by atoms with E-state index in [0.717, 1.165) is 21.5 Å². The Labute approximate surface area is 155 Å². The lowest BCUT2D eigenvalue weighted by Gasteiger charge is -2.08. The minimum absolute atomic E-state index is 0.116. The number of rotatable bonds is 8. The predicted octanol–water partition coefficient (Wildman–Crippen LogP) is 3.36. The summed E-state index contributed by atoms with van der Waals surface area (Å²) < 4.78 is 10.8. The monoisotopic (exact) mass is 374 g/mol. The Balaban J connectivity index is 1.74. The van der Waals surface area contributed by atoms with Crippen molar-refractivity contribution < 1.29 is 13.9 Å². The number of ether oxygens (including phenoxy) is 1. The van der Waals surface area contributed by atoms with E-state index < -0.39 is 0 Å². The van der Waals surface area contributed by atoms with Crippen LogP contribution in [0, 0.1) is 6.92 Å². The maximum atomic E-state index is 12.5. The van der Waals surface area contributed by atoms with E-state index >= 15 is 0 Å². The average molecular weight is 374 g/mol. The van der Waals surface area contributed by atoms with E-state index in [-0.39, 0.29) is 12.0 Å². The lowest BCUT2D eigenvalue weighted by Crippen LogP contribution is -2.27. The van der Waals surface area contributed by atoms with Crippen LogP contribution in [0.2, 0.25) is 0 Å². The molecule has 7 nitrogen and oxygen atoms in total. The van der Waals surface area contributed by atoms with Crippen molar-refractivity contribution in [3.8, 4) is 0 Å². The number of anilines is 1. The van der Waals surface area contributed by atoms with Crippen LogP contribution in [0.15, 0.2) is 29.1 Å². The number of hydrogen-bond acceptors (Lipinski definition) is 7. The number of nitrogens with zero attached hydrogens (tertiary/aromatic N) is 2. The fourth-order valence-corrected chi connectivity index (χ4v) is 3.61. The van der Waals surface area contributed by atoms with Gasteiger partial charge in [0.25, 0.3) is 5.91 Å². The third kappa shape index (κ3) is 4.20. The van der Waals surface area contributed by atoms with Gasteiger partial charge < -0.3 is 19.8 Å². The summed E-state index contributed by atoms with van der Waals surface area (Å²) in [6, 6.07) is 3.73. The molecule has 3 aromatic rings. The summed E-state index contributed by atoms with van der Waals surface area (Å²) in [5, 5.41) is 7.02. The van der Waals surface area contributed by atoms with Crippen LogP contribution in [0.1, 0.15) is 34.8 Å². The van der Waals surface area contributed by atoms with Crippen LogP contribution in [0.5, 0.6) is 0 Å². The Hall–Kier alpha value is -2.45. The average Bonchev–Trinajstić information content (AvgIpc) is 3.25. The molecule has 138 valence electrons. The summed E-state index contributed by atoms with van der Waals surface area (Å²) >= 11 is 1.37. The van der Waals surface area contributed by atoms with Gasteiger partial charge in [-0.2, -0.15) is 0 Å². The molecule has 26 heavy (non-hydrogen) atoms. The molecule has 0 aromatic carbocycles. The molecule has 0 aliphatic rings. The third-order valence-electron chi connectivity index (χ3n) is 3.78. The van der Waals surface area contributed by atoms with E-state index in [1.807, 2.05) is 32.9 Å². The number of hydrogen-bond donors (Lipinski definition) is 2. The number of aromatic nitrogens is 2. The van der Waals surface area contributed by atoms with E-state index in [2.05, 4.69) is 20.6 Å². The molecule has 0 unspecified atom stereocenters. The first kappa shape index (κ1) is 18.3. The molecule has 0 aliphatic carbocycles. The van der Waals surface area contributed by atoms with Crippen LogP contribution in [0.3, 0.4) is 0 Å². The molecule has 3 aromatic heterocycles. The number of fused-ring (bicyclic) bond motifs is 1. The van der Waals surface area contributed by atoms with Crippen molar-refractivity contribution in [1.29, 1.82) is 0 Å². The van der Waals surface area contributed by atoms with Crippen LogP contribution in [-0.2, 0) is 11.3 Å². The van der Waals surface area contributed by atoms with Crippen molar-refractivity contribution >= 4 is 33.3 Å². The van der Waals surface area contributed by atoms with Gasteiger partial charge in [-0.3, -0.25) is 4.79 Å². The van der Waals surface area contributed by atoms with Gasteiger partial charge in [-0.15, -0.1) is 11.3 Å². The van der Waals surface area contributed by atoms with Gasteiger partial charge >= 0.3 is 0 Å². The molecule has 0 spiro atoms. The highest BCUT2D eigenvalue weighted by Crippen LogP contribution is 2.33. The fourth-order valence-electron chi connectivity index (χ4n) is 2.55. The van der Waals surface area contributed by atoms with Gasteiger partial charge in [-0.25, -0.2) is 9.97 Å². The second kappa shape index (κ2) is 8.29. The largest absolute Gasteiger partial charge is 0.467 e.